The Bertz CT molecular complexity index is 830. The first kappa shape index (κ1) is 13.8. The van der Waals surface area contributed by atoms with E-state index in [4.69, 9.17) is 11.6 Å². The van der Waals surface area contributed by atoms with Crippen LogP contribution in [0.3, 0.4) is 0 Å². The largest absolute Gasteiger partial charge is 0.336 e. The molecule has 0 radical (unpaired) electrons. The molecule has 106 valence electrons. The molecule has 0 saturated heterocycles. The summed E-state index contributed by atoms with van der Waals surface area (Å²) in [4.78, 5) is 13.3. The fourth-order valence-corrected chi connectivity index (χ4v) is 2.34. The van der Waals surface area contributed by atoms with E-state index in [2.05, 4.69) is 26.3 Å². The minimum absolute atomic E-state index is 0.364. The number of anilines is 2. The number of hydrogen-bond donors (Lipinski definition) is 1. The van der Waals surface area contributed by atoms with Crippen LogP contribution in [-0.2, 0) is 0 Å². The lowest BCUT2D eigenvalue weighted by molar-refractivity contribution is 1.05. The van der Waals surface area contributed by atoms with Crippen molar-refractivity contribution >= 4 is 34.0 Å². The van der Waals surface area contributed by atoms with Gasteiger partial charge in [-0.3, -0.25) is 4.98 Å². The molecule has 21 heavy (non-hydrogen) atoms. The minimum atomic E-state index is 0.364. The Labute approximate surface area is 128 Å². The average Bonchev–Trinajstić information content (AvgIpc) is 2.45. The summed E-state index contributed by atoms with van der Waals surface area (Å²) >= 11 is 6.18. The summed E-state index contributed by atoms with van der Waals surface area (Å²) in [5, 5.41) is 4.67. The number of benzene rings is 1. The molecular formula is C16H15ClN4. The van der Waals surface area contributed by atoms with Gasteiger partial charge in [0.15, 0.2) is 11.0 Å². The summed E-state index contributed by atoms with van der Waals surface area (Å²) < 4.78 is 0. The lowest BCUT2D eigenvalue weighted by Gasteiger charge is -2.11. The van der Waals surface area contributed by atoms with E-state index in [1.54, 1.807) is 0 Å². The molecule has 2 heterocycles. The Kier molecular flexibility index (Phi) is 3.47. The van der Waals surface area contributed by atoms with E-state index >= 15 is 0 Å². The zero-order valence-electron chi connectivity index (χ0n) is 12.1. The van der Waals surface area contributed by atoms with Crippen molar-refractivity contribution in [1.82, 2.24) is 15.0 Å². The highest BCUT2D eigenvalue weighted by Crippen LogP contribution is 2.27. The number of aryl methyl sites for hydroxylation is 3. The van der Waals surface area contributed by atoms with Gasteiger partial charge in [-0.2, -0.15) is 0 Å². The van der Waals surface area contributed by atoms with Crippen LogP contribution in [0.2, 0.25) is 5.15 Å². The molecule has 0 aliphatic carbocycles. The molecule has 0 amide bonds. The molecule has 0 spiro atoms. The van der Waals surface area contributed by atoms with Crippen LogP contribution < -0.4 is 5.32 Å². The van der Waals surface area contributed by atoms with Gasteiger partial charge in [-0.25, -0.2) is 9.97 Å². The van der Waals surface area contributed by atoms with E-state index in [-0.39, 0.29) is 0 Å². The normalized spacial score (nSPS) is 10.9. The summed E-state index contributed by atoms with van der Waals surface area (Å²) in [5.74, 6) is 0.551. The van der Waals surface area contributed by atoms with Crippen LogP contribution in [0.1, 0.15) is 17.1 Å². The average molecular weight is 299 g/mol. The van der Waals surface area contributed by atoms with Crippen LogP contribution in [0, 0.1) is 20.8 Å². The van der Waals surface area contributed by atoms with E-state index in [9.17, 15) is 0 Å². The second-order valence-corrected chi connectivity index (χ2v) is 5.35. The fourth-order valence-electron chi connectivity index (χ4n) is 2.13. The van der Waals surface area contributed by atoms with Gasteiger partial charge in [0.05, 0.1) is 22.6 Å². The third-order valence-electron chi connectivity index (χ3n) is 3.38. The van der Waals surface area contributed by atoms with Crippen LogP contribution in [0.25, 0.3) is 10.9 Å². The van der Waals surface area contributed by atoms with Crippen molar-refractivity contribution in [2.24, 2.45) is 0 Å². The Morgan fingerprint density at radius 1 is 0.905 bits per heavy atom. The zero-order valence-corrected chi connectivity index (χ0v) is 12.9. The van der Waals surface area contributed by atoms with Crippen LogP contribution in [0.15, 0.2) is 30.3 Å². The van der Waals surface area contributed by atoms with Gasteiger partial charge in [0, 0.05) is 11.1 Å². The number of pyridine rings is 1. The highest BCUT2D eigenvalue weighted by molar-refractivity contribution is 6.31. The Morgan fingerprint density at radius 3 is 2.48 bits per heavy atom. The maximum Gasteiger partial charge on any atom is 0.172 e. The number of aromatic nitrogens is 3. The molecule has 1 aromatic carbocycles. The summed E-state index contributed by atoms with van der Waals surface area (Å²) in [6.07, 6.45) is 0. The molecular weight excluding hydrogens is 284 g/mol. The van der Waals surface area contributed by atoms with Crippen LogP contribution in [0.5, 0.6) is 0 Å². The maximum absolute atomic E-state index is 6.18. The third-order valence-corrected chi connectivity index (χ3v) is 3.64. The van der Waals surface area contributed by atoms with Crippen molar-refractivity contribution in [3.8, 4) is 0 Å². The number of hydrogen-bond acceptors (Lipinski definition) is 4. The lowest BCUT2D eigenvalue weighted by Crippen LogP contribution is -2.01. The van der Waals surface area contributed by atoms with Gasteiger partial charge in [-0.15, -0.1) is 0 Å². The second kappa shape index (κ2) is 5.30. The van der Waals surface area contributed by atoms with Crippen molar-refractivity contribution in [3.05, 3.63) is 52.6 Å². The molecule has 4 nitrogen and oxygen atoms in total. The number of halogens is 1. The molecule has 3 aromatic rings. The third kappa shape index (κ3) is 2.67. The van der Waals surface area contributed by atoms with E-state index in [1.165, 1.54) is 0 Å². The van der Waals surface area contributed by atoms with Crippen molar-refractivity contribution in [2.75, 3.05) is 5.32 Å². The Hall–Kier alpha value is -2.20. The van der Waals surface area contributed by atoms with Crippen LogP contribution >= 0.6 is 11.6 Å². The predicted octanol–water partition coefficient (Wildman–Crippen LogP) is 4.35. The number of nitrogens with one attached hydrogen (secondary N) is 1. The van der Waals surface area contributed by atoms with Gasteiger partial charge in [-0.05, 0) is 32.9 Å². The molecule has 0 atom stereocenters. The van der Waals surface area contributed by atoms with E-state index < -0.39 is 0 Å². The molecule has 3 rings (SSSR count). The SMILES string of the molecule is Cc1ccc2cccc(Nc3nc(C)c(C)nc3Cl)c2n1. The smallest absolute Gasteiger partial charge is 0.172 e. The molecule has 5 heteroatoms. The molecule has 0 unspecified atom stereocenters. The predicted molar refractivity (Wildman–Crippen MR) is 86.3 cm³/mol. The van der Waals surface area contributed by atoms with Crippen LogP contribution in [0.4, 0.5) is 11.5 Å². The summed E-state index contributed by atoms with van der Waals surface area (Å²) in [6.45, 7) is 5.77. The first-order chi connectivity index (χ1) is 10.0. The number of para-hydroxylation sites is 1. The molecule has 1 N–H and O–H groups in total. The molecule has 0 bridgehead atoms. The van der Waals surface area contributed by atoms with E-state index in [0.29, 0.717) is 11.0 Å². The lowest BCUT2D eigenvalue weighted by atomic mass is 10.1. The van der Waals surface area contributed by atoms with Crippen molar-refractivity contribution in [3.63, 3.8) is 0 Å². The Morgan fingerprint density at radius 2 is 1.67 bits per heavy atom. The molecule has 0 saturated carbocycles. The van der Waals surface area contributed by atoms with Gasteiger partial charge >= 0.3 is 0 Å². The number of nitrogens with zero attached hydrogens (tertiary/aromatic N) is 3. The molecule has 0 aliphatic heterocycles. The quantitative estimate of drug-likeness (QED) is 0.764. The molecule has 0 fully saturated rings. The second-order valence-electron chi connectivity index (χ2n) is 4.99. The van der Waals surface area contributed by atoms with Gasteiger partial charge in [0.2, 0.25) is 0 Å². The summed E-state index contributed by atoms with van der Waals surface area (Å²) in [7, 11) is 0. The van der Waals surface area contributed by atoms with Gasteiger partial charge in [0.1, 0.15) is 0 Å². The highest BCUT2D eigenvalue weighted by atomic mass is 35.5. The number of fused-ring (bicyclic) bond motifs is 1. The highest BCUT2D eigenvalue weighted by Gasteiger charge is 2.09. The Balaban J connectivity index is 2.10. The fraction of sp³-hybridized carbons (Fsp3) is 0.188. The zero-order chi connectivity index (χ0) is 15.0. The van der Waals surface area contributed by atoms with E-state index in [0.717, 1.165) is 33.7 Å². The maximum atomic E-state index is 6.18. The van der Waals surface area contributed by atoms with Crippen LogP contribution in [-0.4, -0.2) is 15.0 Å². The standard InChI is InChI=1S/C16H15ClN4/c1-9-7-8-12-5-4-6-13(14(12)18-9)21-16-15(17)19-10(2)11(3)20-16/h4-8H,1-3H3,(H,20,21). The number of rotatable bonds is 2. The monoisotopic (exact) mass is 298 g/mol. The molecule has 0 aliphatic rings. The van der Waals surface area contributed by atoms with Gasteiger partial charge < -0.3 is 5.32 Å². The van der Waals surface area contributed by atoms with E-state index in [1.807, 2.05) is 45.0 Å². The summed E-state index contributed by atoms with van der Waals surface area (Å²) in [5.41, 5.74) is 4.42. The van der Waals surface area contributed by atoms with Crippen molar-refractivity contribution in [1.29, 1.82) is 0 Å². The van der Waals surface area contributed by atoms with Gasteiger partial charge in [0.25, 0.3) is 0 Å². The minimum Gasteiger partial charge on any atom is -0.336 e. The summed E-state index contributed by atoms with van der Waals surface area (Å²) in [6, 6.07) is 10.0. The van der Waals surface area contributed by atoms with Crippen molar-refractivity contribution in [2.45, 2.75) is 20.8 Å². The first-order valence-corrected chi connectivity index (χ1v) is 7.06. The molecule has 2 aromatic heterocycles. The van der Waals surface area contributed by atoms with Gasteiger partial charge in [-0.1, -0.05) is 29.8 Å². The van der Waals surface area contributed by atoms with Crippen molar-refractivity contribution < 1.29 is 0 Å². The topological polar surface area (TPSA) is 50.7 Å². The first-order valence-electron chi connectivity index (χ1n) is 6.69.